The maximum atomic E-state index is 12.5. The number of hydrogen-bond acceptors (Lipinski definition) is 6. The highest BCUT2D eigenvalue weighted by molar-refractivity contribution is 5.95. The van der Waals surface area contributed by atoms with Crippen LogP contribution in [-0.4, -0.2) is 72.1 Å². The summed E-state index contributed by atoms with van der Waals surface area (Å²) in [6.45, 7) is 0. The quantitative estimate of drug-likeness (QED) is 0.380. The van der Waals surface area contributed by atoms with Crippen molar-refractivity contribution >= 4 is 11.6 Å². The predicted molar refractivity (Wildman–Crippen MR) is 111 cm³/mol. The maximum absolute atomic E-state index is 12.5. The fourth-order valence-corrected chi connectivity index (χ4v) is 2.78. The topological polar surface area (TPSA) is 81.1 Å². The number of allylic oxidation sites excluding steroid dienone is 2. The van der Waals surface area contributed by atoms with E-state index >= 15 is 0 Å². The largest absolute Gasteiger partial charge is 0.454 e. The molecule has 0 heterocycles. The molecule has 0 bridgehead atoms. The Bertz CT molecular complexity index is 844. The molecule has 0 radical (unpaired) electrons. The molecule has 1 rings (SSSR count). The molecule has 6 nitrogen and oxygen atoms in total. The van der Waals surface area contributed by atoms with E-state index in [2.05, 4.69) is 0 Å². The summed E-state index contributed by atoms with van der Waals surface area (Å²) in [5.41, 5.74) is 0.431. The number of ketones is 2. The monoisotopic (exact) mass is 496 g/mol. The molecule has 0 amide bonds. The number of hydrogen-bond donors (Lipinski definition) is 2. The van der Waals surface area contributed by atoms with Crippen LogP contribution in [0.4, 0.5) is 26.3 Å². The molecule has 2 atom stereocenters. The van der Waals surface area contributed by atoms with Gasteiger partial charge in [-0.1, -0.05) is 24.3 Å². The number of nitrogens with zero attached hydrogens (tertiary/aromatic N) is 2. The van der Waals surface area contributed by atoms with Gasteiger partial charge in [0.2, 0.25) is 0 Å². The first-order valence-corrected chi connectivity index (χ1v) is 9.87. The normalized spacial score (nSPS) is 15.1. The van der Waals surface area contributed by atoms with Crippen molar-refractivity contribution in [2.75, 3.05) is 28.2 Å². The zero-order valence-electron chi connectivity index (χ0n) is 18.9. The van der Waals surface area contributed by atoms with Crippen LogP contribution in [0.1, 0.15) is 36.2 Å². The van der Waals surface area contributed by atoms with Crippen molar-refractivity contribution in [3.8, 4) is 0 Å². The van der Waals surface area contributed by atoms with Crippen LogP contribution >= 0.6 is 0 Å². The number of rotatable bonds is 10. The van der Waals surface area contributed by atoms with Gasteiger partial charge in [-0.3, -0.25) is 9.59 Å². The van der Waals surface area contributed by atoms with E-state index in [1.807, 2.05) is 0 Å². The minimum atomic E-state index is -5.05. The van der Waals surface area contributed by atoms with Crippen molar-refractivity contribution in [2.45, 2.75) is 37.4 Å². The van der Waals surface area contributed by atoms with Crippen LogP contribution in [0.3, 0.4) is 0 Å². The van der Waals surface area contributed by atoms with Crippen LogP contribution in [0.5, 0.6) is 0 Å². The Labute approximate surface area is 192 Å². The highest BCUT2D eigenvalue weighted by atomic mass is 19.4. The van der Waals surface area contributed by atoms with Crippen molar-refractivity contribution in [1.29, 1.82) is 0 Å². The van der Waals surface area contributed by atoms with E-state index < -0.39 is 36.1 Å². The third-order valence-electron chi connectivity index (χ3n) is 4.81. The molecule has 0 fully saturated rings. The van der Waals surface area contributed by atoms with Crippen LogP contribution in [-0.2, 0) is 9.59 Å². The molecule has 0 aliphatic rings. The van der Waals surface area contributed by atoms with E-state index in [1.54, 1.807) is 0 Å². The first-order chi connectivity index (χ1) is 15.4. The first-order valence-electron chi connectivity index (χ1n) is 9.87. The number of aliphatic hydroxyl groups excluding tert-OH is 2. The van der Waals surface area contributed by atoms with E-state index in [0.29, 0.717) is 12.2 Å². The number of benzene rings is 1. The van der Waals surface area contributed by atoms with Crippen LogP contribution < -0.4 is 0 Å². The number of halogens is 6. The summed E-state index contributed by atoms with van der Waals surface area (Å²) in [4.78, 5) is 25.0. The average Bonchev–Trinajstić information content (AvgIpc) is 2.70. The van der Waals surface area contributed by atoms with Gasteiger partial charge in [0, 0.05) is 64.6 Å². The minimum absolute atomic E-state index is 0.0611. The van der Waals surface area contributed by atoms with Gasteiger partial charge in [0.1, 0.15) is 0 Å². The van der Waals surface area contributed by atoms with Crippen LogP contribution in [0.2, 0.25) is 0 Å². The second-order valence-electron chi connectivity index (χ2n) is 7.89. The zero-order valence-corrected chi connectivity index (χ0v) is 18.9. The molecule has 0 aliphatic heterocycles. The Morgan fingerprint density at radius 3 is 1.21 bits per heavy atom. The third-order valence-corrected chi connectivity index (χ3v) is 4.81. The minimum Gasteiger partial charge on any atom is -0.388 e. The molecule has 1 aromatic carbocycles. The van der Waals surface area contributed by atoms with Crippen LogP contribution in [0, 0.1) is 0 Å². The standard InChI is InChI=1S/C22H26F6N2O4/c1-29(2)15(11-19(33)21(23,24)25)9-17(31)13-5-7-14(8-6-13)18(32)10-16(30(3)4)12-20(34)22(26,27)28/h5-8,11-12,17-18,31-32H,9-10H2,1-4H3/b15-11-,16-12+. The average molecular weight is 496 g/mol. The lowest BCUT2D eigenvalue weighted by Crippen LogP contribution is -2.23. The maximum Gasteiger partial charge on any atom is 0.454 e. The first kappa shape index (κ1) is 29.2. The Hall–Kier alpha value is -2.86. The van der Waals surface area contributed by atoms with Gasteiger partial charge in [0.15, 0.2) is 0 Å². The summed E-state index contributed by atoms with van der Waals surface area (Å²) in [5, 5.41) is 20.8. The summed E-state index contributed by atoms with van der Waals surface area (Å²) in [5.74, 6) is -4.12. The Kier molecular flexibility index (Phi) is 9.88. The van der Waals surface area contributed by atoms with Gasteiger partial charge in [0.25, 0.3) is 11.6 Å². The molecule has 190 valence electrons. The van der Waals surface area contributed by atoms with E-state index in [-0.39, 0.29) is 35.4 Å². The highest BCUT2D eigenvalue weighted by Crippen LogP contribution is 2.28. The molecule has 2 unspecified atom stereocenters. The number of carbonyl (C=O) groups excluding carboxylic acids is 2. The lowest BCUT2D eigenvalue weighted by atomic mass is 9.98. The Balaban J connectivity index is 3.00. The van der Waals surface area contributed by atoms with Crippen molar-refractivity contribution in [3.05, 3.63) is 58.9 Å². The van der Waals surface area contributed by atoms with E-state index in [4.69, 9.17) is 0 Å². The fourth-order valence-electron chi connectivity index (χ4n) is 2.78. The molecule has 0 aliphatic carbocycles. The molecule has 0 aromatic heterocycles. The fraction of sp³-hybridized carbons (Fsp3) is 0.455. The summed E-state index contributed by atoms with van der Waals surface area (Å²) >= 11 is 0. The van der Waals surface area contributed by atoms with Crippen molar-refractivity contribution in [2.24, 2.45) is 0 Å². The zero-order chi connectivity index (χ0) is 26.4. The predicted octanol–water partition coefficient (Wildman–Crippen LogP) is 3.69. The second-order valence-corrected chi connectivity index (χ2v) is 7.89. The second kappa shape index (κ2) is 11.5. The van der Waals surface area contributed by atoms with Gasteiger partial charge in [-0.05, 0) is 11.1 Å². The van der Waals surface area contributed by atoms with Crippen molar-refractivity contribution in [1.82, 2.24) is 9.80 Å². The summed E-state index contributed by atoms with van der Waals surface area (Å²) in [7, 11) is 5.67. The SMILES string of the molecule is CN(C)/C(=C\C(=O)C(F)(F)F)CC(O)c1ccc(C(O)C/C(=C\C(=O)C(F)(F)F)N(C)C)cc1. The summed E-state index contributed by atoms with van der Waals surface area (Å²) in [6, 6.07) is 5.56. The number of alkyl halides is 6. The third kappa shape index (κ3) is 8.82. The molecule has 12 heteroatoms. The molecule has 0 saturated carbocycles. The molecule has 0 spiro atoms. The molecule has 0 saturated heterocycles. The smallest absolute Gasteiger partial charge is 0.388 e. The lowest BCUT2D eigenvalue weighted by Gasteiger charge is -2.22. The Morgan fingerprint density at radius 1 is 0.735 bits per heavy atom. The molecule has 1 aromatic rings. The van der Waals surface area contributed by atoms with Gasteiger partial charge < -0.3 is 20.0 Å². The highest BCUT2D eigenvalue weighted by Gasteiger charge is 2.38. The van der Waals surface area contributed by atoms with Crippen LogP contribution in [0.15, 0.2) is 47.8 Å². The number of carbonyl (C=O) groups is 2. The van der Waals surface area contributed by atoms with Gasteiger partial charge >= 0.3 is 12.4 Å². The van der Waals surface area contributed by atoms with E-state index in [1.165, 1.54) is 62.3 Å². The van der Waals surface area contributed by atoms with Gasteiger partial charge in [-0.15, -0.1) is 0 Å². The van der Waals surface area contributed by atoms with E-state index in [9.17, 15) is 46.1 Å². The van der Waals surface area contributed by atoms with Crippen molar-refractivity contribution < 1.29 is 46.1 Å². The summed E-state index contributed by atoms with van der Waals surface area (Å²) < 4.78 is 75.2. The van der Waals surface area contributed by atoms with Crippen molar-refractivity contribution in [3.63, 3.8) is 0 Å². The molecular weight excluding hydrogens is 470 g/mol. The van der Waals surface area contributed by atoms with Gasteiger partial charge in [0.05, 0.1) is 12.2 Å². The van der Waals surface area contributed by atoms with Crippen LogP contribution in [0.25, 0.3) is 0 Å². The van der Waals surface area contributed by atoms with E-state index in [0.717, 1.165) is 0 Å². The molecular formula is C22H26F6N2O4. The molecule has 34 heavy (non-hydrogen) atoms. The Morgan fingerprint density at radius 2 is 1.00 bits per heavy atom. The van der Waals surface area contributed by atoms with Gasteiger partial charge in [-0.2, -0.15) is 26.3 Å². The van der Waals surface area contributed by atoms with Gasteiger partial charge in [-0.25, -0.2) is 0 Å². The lowest BCUT2D eigenvalue weighted by molar-refractivity contribution is -0.165. The molecule has 2 N–H and O–H groups in total. The summed E-state index contributed by atoms with van der Waals surface area (Å²) in [6.07, 6.45) is -12.4. The number of aliphatic hydroxyl groups is 2.